The summed E-state index contributed by atoms with van der Waals surface area (Å²) in [6.07, 6.45) is -5.79. The van der Waals surface area contributed by atoms with Gasteiger partial charge in [-0.15, -0.1) is 11.3 Å². The van der Waals surface area contributed by atoms with Crippen molar-refractivity contribution in [1.29, 1.82) is 0 Å². The predicted octanol–water partition coefficient (Wildman–Crippen LogP) is 3.52. The fourth-order valence-corrected chi connectivity index (χ4v) is 2.13. The number of methoxy groups -OCH3 is 1. The molecule has 1 aromatic rings. The molecule has 0 saturated carbocycles. The Morgan fingerprint density at radius 3 is 2.69 bits per heavy atom. The van der Waals surface area contributed by atoms with Gasteiger partial charge in [0.05, 0.1) is 13.2 Å². The van der Waals surface area contributed by atoms with Crippen molar-refractivity contribution in [1.82, 2.24) is 0 Å². The van der Waals surface area contributed by atoms with Crippen molar-refractivity contribution in [3.05, 3.63) is 16.3 Å². The van der Waals surface area contributed by atoms with E-state index in [1.807, 2.05) is 0 Å². The number of aliphatic hydroxyl groups excluding tert-OH is 1. The third kappa shape index (κ3) is 4.40. The summed E-state index contributed by atoms with van der Waals surface area (Å²) >= 11 is 1.28. The monoisotopic (exact) mass is 254 g/mol. The number of ether oxygens (including phenoxy) is 1. The van der Waals surface area contributed by atoms with Crippen LogP contribution in [0.2, 0.25) is 0 Å². The molecule has 2 nitrogen and oxygen atoms in total. The van der Waals surface area contributed by atoms with Crippen molar-refractivity contribution < 1.29 is 23.0 Å². The molecular weight excluding hydrogens is 241 g/mol. The highest BCUT2D eigenvalue weighted by atomic mass is 32.1. The van der Waals surface area contributed by atoms with Crippen LogP contribution in [0.1, 0.15) is 30.2 Å². The van der Waals surface area contributed by atoms with Gasteiger partial charge in [-0.3, -0.25) is 0 Å². The minimum atomic E-state index is -4.15. The summed E-state index contributed by atoms with van der Waals surface area (Å²) in [5.74, 6) is 0.620. The topological polar surface area (TPSA) is 29.5 Å². The summed E-state index contributed by atoms with van der Waals surface area (Å²) in [6.45, 7) is 0. The van der Waals surface area contributed by atoms with E-state index in [4.69, 9.17) is 4.74 Å². The molecular formula is C10H13F3O2S. The van der Waals surface area contributed by atoms with E-state index >= 15 is 0 Å². The predicted molar refractivity (Wildman–Crippen MR) is 55.7 cm³/mol. The number of thiophene rings is 1. The lowest BCUT2D eigenvalue weighted by atomic mass is 10.1. The fourth-order valence-electron chi connectivity index (χ4n) is 1.25. The second-order valence-electron chi connectivity index (χ2n) is 3.41. The Morgan fingerprint density at radius 1 is 1.50 bits per heavy atom. The second-order valence-corrected chi connectivity index (χ2v) is 4.35. The van der Waals surface area contributed by atoms with E-state index in [1.165, 1.54) is 18.4 Å². The number of halogens is 3. The normalized spacial score (nSPS) is 13.8. The maximum atomic E-state index is 11.9. The fraction of sp³-hybridized carbons (Fsp3) is 0.600. The first kappa shape index (κ1) is 13.3. The smallest absolute Gasteiger partial charge is 0.389 e. The SMILES string of the molecule is COc1csc(C(O)CCCC(F)(F)F)c1. The van der Waals surface area contributed by atoms with E-state index in [9.17, 15) is 18.3 Å². The maximum absolute atomic E-state index is 11.9. The first-order chi connectivity index (χ1) is 7.42. The molecule has 0 spiro atoms. The highest BCUT2D eigenvalue weighted by Gasteiger charge is 2.26. The lowest BCUT2D eigenvalue weighted by Gasteiger charge is -2.09. The Kier molecular flexibility index (Phi) is 4.61. The van der Waals surface area contributed by atoms with Gasteiger partial charge in [0.1, 0.15) is 5.75 Å². The van der Waals surface area contributed by atoms with E-state index in [1.54, 1.807) is 11.4 Å². The van der Waals surface area contributed by atoms with Gasteiger partial charge in [0.15, 0.2) is 0 Å². The summed E-state index contributed by atoms with van der Waals surface area (Å²) in [6, 6.07) is 1.64. The molecule has 0 saturated heterocycles. The van der Waals surface area contributed by atoms with Crippen LogP contribution in [-0.4, -0.2) is 18.4 Å². The van der Waals surface area contributed by atoms with E-state index in [2.05, 4.69) is 0 Å². The molecule has 1 atom stereocenters. The van der Waals surface area contributed by atoms with Gasteiger partial charge in [0, 0.05) is 16.7 Å². The van der Waals surface area contributed by atoms with Crippen molar-refractivity contribution in [2.45, 2.75) is 31.5 Å². The molecule has 0 aliphatic heterocycles. The Bertz CT molecular complexity index is 322. The van der Waals surface area contributed by atoms with E-state index in [0.29, 0.717) is 10.6 Å². The molecule has 1 rings (SSSR count). The highest BCUT2D eigenvalue weighted by molar-refractivity contribution is 7.10. The Morgan fingerprint density at radius 2 is 2.19 bits per heavy atom. The molecule has 0 amide bonds. The van der Waals surface area contributed by atoms with Gasteiger partial charge in [-0.25, -0.2) is 0 Å². The van der Waals surface area contributed by atoms with Crippen molar-refractivity contribution in [3.63, 3.8) is 0 Å². The molecule has 0 fully saturated rings. The minimum Gasteiger partial charge on any atom is -0.496 e. The first-order valence-corrected chi connectivity index (χ1v) is 5.67. The summed E-state index contributed by atoms with van der Waals surface area (Å²) in [7, 11) is 1.50. The average molecular weight is 254 g/mol. The van der Waals surface area contributed by atoms with Crippen LogP contribution in [0.4, 0.5) is 13.2 Å². The van der Waals surface area contributed by atoms with Crippen molar-refractivity contribution in [3.8, 4) is 5.75 Å². The van der Waals surface area contributed by atoms with Crippen molar-refractivity contribution >= 4 is 11.3 Å². The number of rotatable bonds is 5. The second kappa shape index (κ2) is 5.54. The first-order valence-electron chi connectivity index (χ1n) is 4.79. The molecule has 0 aliphatic rings. The lowest BCUT2D eigenvalue weighted by Crippen LogP contribution is -2.07. The molecule has 0 aromatic carbocycles. The third-order valence-electron chi connectivity index (χ3n) is 2.10. The number of alkyl halides is 3. The van der Waals surface area contributed by atoms with Gasteiger partial charge in [-0.05, 0) is 18.9 Å². The van der Waals surface area contributed by atoms with Gasteiger partial charge in [0.25, 0.3) is 0 Å². The van der Waals surface area contributed by atoms with E-state index in [0.717, 1.165) is 0 Å². The molecule has 1 aromatic heterocycles. The average Bonchev–Trinajstić information content (AvgIpc) is 2.63. The Labute approximate surface area is 95.7 Å². The van der Waals surface area contributed by atoms with Gasteiger partial charge < -0.3 is 9.84 Å². The van der Waals surface area contributed by atoms with Crippen LogP contribution in [0, 0.1) is 0 Å². The molecule has 1 heterocycles. The standard InChI is InChI=1S/C10H13F3O2S/c1-15-7-5-9(16-6-7)8(14)3-2-4-10(11,12)13/h5-6,8,14H,2-4H2,1H3. The van der Waals surface area contributed by atoms with Crippen LogP contribution in [0.3, 0.4) is 0 Å². The largest absolute Gasteiger partial charge is 0.496 e. The third-order valence-corrected chi connectivity index (χ3v) is 3.11. The number of aliphatic hydroxyl groups is 1. The number of hydrogen-bond donors (Lipinski definition) is 1. The van der Waals surface area contributed by atoms with E-state index in [-0.39, 0.29) is 12.8 Å². The molecule has 1 unspecified atom stereocenters. The zero-order valence-corrected chi connectivity index (χ0v) is 9.57. The lowest BCUT2D eigenvalue weighted by molar-refractivity contribution is -0.136. The highest BCUT2D eigenvalue weighted by Crippen LogP contribution is 2.31. The Hall–Kier alpha value is -0.750. The Balaban J connectivity index is 2.37. The summed E-state index contributed by atoms with van der Waals surface area (Å²) in [5.41, 5.74) is 0. The van der Waals surface area contributed by atoms with Crippen molar-refractivity contribution in [2.75, 3.05) is 7.11 Å². The molecule has 6 heteroatoms. The van der Waals surface area contributed by atoms with Crippen LogP contribution in [0.25, 0.3) is 0 Å². The van der Waals surface area contributed by atoms with Crippen LogP contribution in [0.5, 0.6) is 5.75 Å². The summed E-state index contributed by atoms with van der Waals surface area (Å²) in [4.78, 5) is 0.638. The number of hydrogen-bond acceptors (Lipinski definition) is 3. The van der Waals surface area contributed by atoms with Crippen LogP contribution in [-0.2, 0) is 0 Å². The van der Waals surface area contributed by atoms with E-state index < -0.39 is 18.7 Å². The zero-order valence-electron chi connectivity index (χ0n) is 8.75. The molecule has 0 bridgehead atoms. The molecule has 0 aliphatic carbocycles. The van der Waals surface area contributed by atoms with Crippen molar-refractivity contribution in [2.24, 2.45) is 0 Å². The van der Waals surface area contributed by atoms with Gasteiger partial charge >= 0.3 is 6.18 Å². The van der Waals surface area contributed by atoms with Crippen LogP contribution >= 0.6 is 11.3 Å². The summed E-state index contributed by atoms with van der Waals surface area (Å²) in [5, 5.41) is 11.3. The van der Waals surface area contributed by atoms with Crippen LogP contribution in [0.15, 0.2) is 11.4 Å². The van der Waals surface area contributed by atoms with Gasteiger partial charge in [-0.1, -0.05) is 0 Å². The molecule has 0 radical (unpaired) electrons. The molecule has 92 valence electrons. The zero-order chi connectivity index (χ0) is 12.2. The van der Waals surface area contributed by atoms with Crippen LogP contribution < -0.4 is 4.74 Å². The quantitative estimate of drug-likeness (QED) is 0.871. The minimum absolute atomic E-state index is 0.0646. The van der Waals surface area contributed by atoms with Gasteiger partial charge in [0.2, 0.25) is 0 Å². The maximum Gasteiger partial charge on any atom is 0.389 e. The molecule has 16 heavy (non-hydrogen) atoms. The molecule has 1 N–H and O–H groups in total. The van der Waals surface area contributed by atoms with Gasteiger partial charge in [-0.2, -0.15) is 13.2 Å². The summed E-state index contributed by atoms with van der Waals surface area (Å²) < 4.78 is 40.5.